The van der Waals surface area contributed by atoms with Gasteiger partial charge in [0, 0.05) is 24.5 Å². The minimum Gasteiger partial charge on any atom is -0.493 e. The van der Waals surface area contributed by atoms with Crippen molar-refractivity contribution in [3.8, 4) is 46.0 Å². The Hall–Kier alpha value is -9.06. The summed E-state index contributed by atoms with van der Waals surface area (Å²) < 4.78 is 50.8. The number of aromatic nitrogens is 6. The molecule has 0 aliphatic heterocycles. The molecule has 0 spiro atoms. The molecule has 18 heteroatoms. The van der Waals surface area contributed by atoms with E-state index in [4.69, 9.17) is 47.9 Å². The highest BCUT2D eigenvalue weighted by Crippen LogP contribution is 2.32. The van der Waals surface area contributed by atoms with E-state index in [2.05, 4.69) is 47.6 Å². The van der Waals surface area contributed by atoms with E-state index in [-0.39, 0.29) is 67.3 Å². The van der Waals surface area contributed by atoms with Gasteiger partial charge in [-0.1, -0.05) is 109 Å². The van der Waals surface area contributed by atoms with E-state index in [1.165, 1.54) is 0 Å². The summed E-state index contributed by atoms with van der Waals surface area (Å²) in [6.45, 7) is 27.0. The predicted molar refractivity (Wildman–Crippen MR) is 372 cm³/mol. The van der Waals surface area contributed by atoms with Crippen molar-refractivity contribution in [1.82, 2.24) is 29.9 Å². The summed E-state index contributed by atoms with van der Waals surface area (Å²) in [5.41, 5.74) is -0.289. The second-order valence-corrected chi connectivity index (χ2v) is 24.5. The Morgan fingerprint density at radius 1 is 0.315 bits per heavy atom. The van der Waals surface area contributed by atoms with Crippen molar-refractivity contribution in [2.45, 2.75) is 134 Å². The molecule has 7 rings (SSSR count). The molecule has 4 N–H and O–H groups in total. The lowest BCUT2D eigenvalue weighted by Gasteiger charge is -2.14. The van der Waals surface area contributed by atoms with Crippen molar-refractivity contribution in [3.63, 3.8) is 0 Å². The number of ether oxygens (including phenoxy) is 8. The van der Waals surface area contributed by atoms with Crippen LogP contribution < -0.4 is 60.1 Å². The van der Waals surface area contributed by atoms with Crippen LogP contribution in [-0.4, -0.2) is 82.8 Å². The van der Waals surface area contributed by atoms with Crippen LogP contribution in [0.3, 0.4) is 0 Å². The highest BCUT2D eigenvalue weighted by molar-refractivity contribution is 5.80. The van der Waals surface area contributed by atoms with Gasteiger partial charge in [-0.2, -0.15) is 0 Å². The quantitative estimate of drug-likeness (QED) is 0.0334. The number of nitrogens with one attached hydrogen (secondary N) is 4. The van der Waals surface area contributed by atoms with E-state index >= 15 is 0 Å². The lowest BCUT2D eigenvalue weighted by atomic mass is 10.2. The summed E-state index contributed by atoms with van der Waals surface area (Å²) in [7, 11) is 0. The number of nitrogens with zero attached hydrogens (tertiary/aromatic N) is 2. The van der Waals surface area contributed by atoms with Crippen LogP contribution in [0.2, 0.25) is 0 Å². The van der Waals surface area contributed by atoms with Gasteiger partial charge in [0.1, 0.15) is 46.0 Å². The number of H-pyrrole nitrogens is 4. The molecule has 12 bridgehead atoms. The number of unbranched alkanes of at least 4 members (excludes halogenated alkanes) is 4. The highest BCUT2D eigenvalue weighted by atomic mass is 16.5. The maximum atomic E-state index is 15.0. The molecule has 18 nitrogen and oxygen atoms in total. The van der Waals surface area contributed by atoms with Crippen molar-refractivity contribution in [3.05, 3.63) is 151 Å². The van der Waals surface area contributed by atoms with E-state index in [0.717, 1.165) is 51.4 Å². The van der Waals surface area contributed by atoms with E-state index in [9.17, 15) is 19.2 Å². The smallest absolute Gasteiger partial charge is 0.259 e. The van der Waals surface area contributed by atoms with E-state index in [1.54, 1.807) is 109 Å². The van der Waals surface area contributed by atoms with Crippen LogP contribution in [0, 0.1) is 23.7 Å². The zero-order chi connectivity index (χ0) is 66.1. The molecule has 0 aliphatic rings. The molecule has 0 amide bonds. The molecule has 6 aromatic carbocycles. The molecule has 0 aliphatic carbocycles. The molecule has 0 unspecified atom stereocenters. The zero-order valence-electron chi connectivity index (χ0n) is 55.8. The van der Waals surface area contributed by atoms with Gasteiger partial charge in [0.25, 0.3) is 22.2 Å². The maximum absolute atomic E-state index is 15.0. The zero-order valence-corrected chi connectivity index (χ0v) is 55.8. The number of benzene rings is 6. The third-order valence-electron chi connectivity index (χ3n) is 14.1. The van der Waals surface area contributed by atoms with E-state index in [0.29, 0.717) is 121 Å². The van der Waals surface area contributed by atoms with Gasteiger partial charge >= 0.3 is 0 Å². The number of hydrogen-bond acceptors (Lipinski definition) is 14. The lowest BCUT2D eigenvalue weighted by Crippen LogP contribution is -2.11. The Labute approximate surface area is 538 Å². The molecule has 0 fully saturated rings. The SMILES string of the molecule is CCCCOc1ccc2cnc3ccc(OCCCC)c(c3)c(=O)[nH]c3cc([nH]c(=O)c4cc(ccc4OCCCC)ncc4ccc(OCCCC)c(c4)c(=O)[nH]c4cc([nH]c(=O)c1c2)c(OCC(C)C)cc4OCC(C)C)c(OCC(C)C)cc3OCC(C)C. The third kappa shape index (κ3) is 21.0. The van der Waals surface area contributed by atoms with Gasteiger partial charge in [-0.15, -0.1) is 0 Å². The topological polar surface area (TPSA) is 231 Å². The van der Waals surface area contributed by atoms with Gasteiger partial charge in [0.05, 0.1) is 108 Å². The minimum absolute atomic E-state index is 0.108. The Bertz CT molecular complexity index is 3700. The van der Waals surface area contributed by atoms with Crippen LogP contribution in [0.15, 0.2) is 129 Å². The highest BCUT2D eigenvalue weighted by Gasteiger charge is 2.15. The van der Waals surface area contributed by atoms with Crippen molar-refractivity contribution < 1.29 is 37.9 Å². The molecule has 1 heterocycles. The summed E-state index contributed by atoms with van der Waals surface area (Å²) in [4.78, 5) is 82.0. The Morgan fingerprint density at radius 3 is 0.837 bits per heavy atom. The average molecular weight is 1260 g/mol. The summed E-state index contributed by atoms with van der Waals surface area (Å²) in [6.07, 6.45) is 9.66. The minimum atomic E-state index is -0.537. The van der Waals surface area contributed by atoms with Crippen LogP contribution in [0.5, 0.6) is 46.0 Å². The van der Waals surface area contributed by atoms with E-state index < -0.39 is 22.2 Å². The van der Waals surface area contributed by atoms with Gasteiger partial charge in [-0.25, -0.2) is 0 Å². The van der Waals surface area contributed by atoms with Crippen molar-refractivity contribution in [1.29, 1.82) is 0 Å². The molecule has 492 valence electrons. The van der Waals surface area contributed by atoms with Gasteiger partial charge in [-0.3, -0.25) is 29.1 Å². The molecule has 92 heavy (non-hydrogen) atoms. The van der Waals surface area contributed by atoms with Crippen LogP contribution in [0.1, 0.15) is 134 Å². The monoisotopic (exact) mass is 1260 g/mol. The Balaban J connectivity index is 1.70. The van der Waals surface area contributed by atoms with Crippen LogP contribution in [0.25, 0.3) is 65.4 Å². The van der Waals surface area contributed by atoms with Gasteiger partial charge in [0.15, 0.2) is 0 Å². The first-order valence-corrected chi connectivity index (χ1v) is 32.6. The van der Waals surface area contributed by atoms with Gasteiger partial charge < -0.3 is 57.8 Å². The molecule has 1 aromatic heterocycles. The van der Waals surface area contributed by atoms with Crippen LogP contribution in [-0.2, 0) is 0 Å². The predicted octanol–water partition coefficient (Wildman–Crippen LogP) is 16.1. The summed E-state index contributed by atoms with van der Waals surface area (Å²) in [5.74, 6) is 3.03. The molecule has 0 saturated heterocycles. The lowest BCUT2D eigenvalue weighted by molar-refractivity contribution is 0.261. The Kier molecular flexibility index (Phi) is 27.2. The first-order valence-electron chi connectivity index (χ1n) is 32.6. The van der Waals surface area contributed by atoms with Crippen molar-refractivity contribution in [2.24, 2.45) is 23.7 Å². The second-order valence-electron chi connectivity index (χ2n) is 24.5. The first kappa shape index (κ1) is 70.4. The van der Waals surface area contributed by atoms with Crippen molar-refractivity contribution >= 4 is 65.4 Å². The standard InChI is InChI=1S/C74H94N6O12/c1-13-17-29-85-63-25-21-51-33-55(63)71(81)77-59-37-60(68(90-44-48(7)8)39-67(59)89-43-47(5)6)78-72(82)56-34-52(22-26-64(56)86-30-18-14-2)42-76-54-24-28-66(88-32-20-16-4)58(36-54)74(84)80-62-38-61(69(91-45-49(9)10)40-70(62)92-46-50(11)12)79-73(83)57-35-53(75-41-51)23-27-65(57)87-31-19-15-3/h21-28,33-42,47-50H,13-20,29-32,43-46H2,1-12H3,(H,77,81)(H,78,82)(H,79,83)(H,80,84). The average Bonchev–Trinajstić information content (AvgIpc) is 0.914. The number of fused-ring (bicyclic) bond motifs is 12. The molecule has 0 saturated carbocycles. The second kappa shape index (κ2) is 35.5. The fraction of sp³-hybridized carbons (Fsp3) is 0.432. The van der Waals surface area contributed by atoms with Gasteiger partial charge in [-0.05, 0) is 145 Å². The number of rotatable bonds is 28. The van der Waals surface area contributed by atoms with E-state index in [1.807, 2.05) is 55.4 Å². The summed E-state index contributed by atoms with van der Waals surface area (Å²) in [5, 5.41) is 1.87. The van der Waals surface area contributed by atoms with Crippen molar-refractivity contribution in [2.75, 3.05) is 52.9 Å². The Morgan fingerprint density at radius 2 is 0.576 bits per heavy atom. The third-order valence-corrected chi connectivity index (χ3v) is 14.1. The summed E-state index contributed by atoms with van der Waals surface area (Å²) >= 11 is 0. The molecule has 0 atom stereocenters. The first-order chi connectivity index (χ1) is 44.4. The fourth-order valence-electron chi connectivity index (χ4n) is 9.04. The molecule has 0 radical (unpaired) electrons. The maximum Gasteiger partial charge on any atom is 0.259 e. The summed E-state index contributed by atoms with van der Waals surface area (Å²) in [6, 6.07) is 27.2. The van der Waals surface area contributed by atoms with Gasteiger partial charge in [0.2, 0.25) is 0 Å². The largest absolute Gasteiger partial charge is 0.493 e. The van der Waals surface area contributed by atoms with Crippen LogP contribution >= 0.6 is 0 Å². The molecular formula is C74H94N6O12. The molecule has 7 aromatic rings. The normalized spacial score (nSPS) is 11.2. The number of aromatic amines is 4. The number of hydrogen-bond donors (Lipinski definition) is 4. The fourth-order valence-corrected chi connectivity index (χ4v) is 9.04. The van der Waals surface area contributed by atoms with Crippen LogP contribution in [0.4, 0.5) is 0 Å². The molecular weight excluding hydrogens is 1160 g/mol.